The van der Waals surface area contributed by atoms with Crippen molar-refractivity contribution in [1.29, 1.82) is 0 Å². The number of anilines is 1. The van der Waals surface area contributed by atoms with Gasteiger partial charge in [-0.15, -0.1) is 10.2 Å². The summed E-state index contributed by atoms with van der Waals surface area (Å²) in [6.45, 7) is 0. The van der Waals surface area contributed by atoms with Gasteiger partial charge in [-0.05, 0) is 60.7 Å². The zero-order chi connectivity index (χ0) is 22.3. The van der Waals surface area contributed by atoms with Crippen LogP contribution in [0.3, 0.4) is 0 Å². The molecule has 0 spiro atoms. The van der Waals surface area contributed by atoms with Crippen molar-refractivity contribution < 1.29 is 14.3 Å². The molecule has 0 radical (unpaired) electrons. The third kappa shape index (κ3) is 4.89. The van der Waals surface area contributed by atoms with Crippen LogP contribution in [0.4, 0.5) is 5.69 Å². The molecule has 2 aromatic heterocycles. The molecule has 0 aliphatic rings. The van der Waals surface area contributed by atoms with E-state index in [9.17, 15) is 4.79 Å². The number of carbonyl (C=O) groups is 1. The van der Waals surface area contributed by atoms with E-state index in [-0.39, 0.29) is 11.7 Å². The number of ether oxygens (including phenoxy) is 2. The van der Waals surface area contributed by atoms with E-state index in [4.69, 9.17) is 9.47 Å². The molecular weight excluding hydrogens is 426 g/mol. The van der Waals surface area contributed by atoms with Crippen LogP contribution in [0, 0.1) is 0 Å². The van der Waals surface area contributed by atoms with Crippen LogP contribution in [-0.2, 0) is 4.79 Å². The van der Waals surface area contributed by atoms with Crippen molar-refractivity contribution in [3.8, 4) is 28.7 Å². The second kappa shape index (κ2) is 9.97. The van der Waals surface area contributed by atoms with Crippen molar-refractivity contribution >= 4 is 23.4 Å². The molecule has 0 aliphatic carbocycles. The van der Waals surface area contributed by atoms with Gasteiger partial charge in [-0.3, -0.25) is 14.3 Å². The smallest absolute Gasteiger partial charge is 0.234 e. The summed E-state index contributed by atoms with van der Waals surface area (Å²) in [5.74, 6) is 2.08. The molecule has 9 heteroatoms. The van der Waals surface area contributed by atoms with Gasteiger partial charge in [-0.25, -0.2) is 0 Å². The minimum Gasteiger partial charge on any atom is -0.497 e. The third-order valence-corrected chi connectivity index (χ3v) is 5.49. The summed E-state index contributed by atoms with van der Waals surface area (Å²) in [7, 11) is 3.22. The van der Waals surface area contributed by atoms with Gasteiger partial charge in [-0.1, -0.05) is 17.8 Å². The maximum atomic E-state index is 12.5. The van der Waals surface area contributed by atoms with Gasteiger partial charge in [0.2, 0.25) is 5.91 Å². The van der Waals surface area contributed by atoms with Crippen LogP contribution in [0.25, 0.3) is 17.2 Å². The Bertz CT molecular complexity index is 1180. The number of methoxy groups -OCH3 is 2. The number of hydrogen-bond acceptors (Lipinski definition) is 7. The first-order chi connectivity index (χ1) is 15.7. The lowest BCUT2D eigenvalue weighted by Crippen LogP contribution is -2.14. The molecule has 0 saturated carbocycles. The van der Waals surface area contributed by atoms with Gasteiger partial charge in [-0.2, -0.15) is 0 Å². The molecule has 162 valence electrons. The summed E-state index contributed by atoms with van der Waals surface area (Å²) < 4.78 is 12.3. The third-order valence-electron chi connectivity index (χ3n) is 4.56. The summed E-state index contributed by atoms with van der Waals surface area (Å²) in [5, 5.41) is 12.1. The number of nitrogens with one attached hydrogen (secondary N) is 1. The first-order valence-corrected chi connectivity index (χ1v) is 10.7. The monoisotopic (exact) mass is 447 g/mol. The number of nitrogens with zero attached hydrogens (tertiary/aromatic N) is 4. The Hall–Kier alpha value is -3.85. The van der Waals surface area contributed by atoms with Gasteiger partial charge in [0.25, 0.3) is 0 Å². The van der Waals surface area contributed by atoms with Gasteiger partial charge in [0.15, 0.2) is 11.0 Å². The number of rotatable bonds is 8. The van der Waals surface area contributed by atoms with E-state index in [1.807, 2.05) is 47.0 Å². The van der Waals surface area contributed by atoms with E-state index in [0.29, 0.717) is 22.4 Å². The Balaban J connectivity index is 1.56. The Morgan fingerprint density at radius 3 is 2.25 bits per heavy atom. The van der Waals surface area contributed by atoms with E-state index in [0.717, 1.165) is 17.2 Å². The predicted molar refractivity (Wildman–Crippen MR) is 123 cm³/mol. The fraction of sp³-hybridized carbons (Fsp3) is 0.130. The lowest BCUT2D eigenvalue weighted by atomic mass is 10.3. The lowest BCUT2D eigenvalue weighted by molar-refractivity contribution is -0.113. The van der Waals surface area contributed by atoms with E-state index in [2.05, 4.69) is 20.5 Å². The highest BCUT2D eigenvalue weighted by Gasteiger charge is 2.18. The fourth-order valence-corrected chi connectivity index (χ4v) is 3.74. The van der Waals surface area contributed by atoms with Gasteiger partial charge in [0.05, 0.1) is 25.7 Å². The fourth-order valence-electron chi connectivity index (χ4n) is 2.99. The molecule has 0 bridgehead atoms. The predicted octanol–water partition coefficient (Wildman–Crippen LogP) is 4.08. The number of thioether (sulfide) groups is 1. The number of benzene rings is 2. The normalized spacial score (nSPS) is 10.6. The first-order valence-electron chi connectivity index (χ1n) is 9.76. The molecule has 0 saturated heterocycles. The van der Waals surface area contributed by atoms with Gasteiger partial charge < -0.3 is 14.8 Å². The second-order valence-corrected chi connectivity index (χ2v) is 7.56. The standard InChI is InChI=1S/C23H21N5O3S/c1-30-18-10-6-16(7-11-18)25-21(29)15-32-23-27-26-22(20-5-3-4-14-24-20)28(23)17-8-12-19(31-2)13-9-17/h3-14H,15H2,1-2H3,(H,25,29). The summed E-state index contributed by atoms with van der Waals surface area (Å²) in [6, 6.07) is 20.3. The minimum absolute atomic E-state index is 0.149. The summed E-state index contributed by atoms with van der Waals surface area (Å²) in [5.41, 5.74) is 2.22. The van der Waals surface area contributed by atoms with Crippen LogP contribution >= 0.6 is 11.8 Å². The highest BCUT2D eigenvalue weighted by atomic mass is 32.2. The van der Waals surface area contributed by atoms with E-state index >= 15 is 0 Å². The maximum Gasteiger partial charge on any atom is 0.234 e. The summed E-state index contributed by atoms with van der Waals surface area (Å²) in [4.78, 5) is 16.9. The molecule has 8 nitrogen and oxygen atoms in total. The van der Waals surface area contributed by atoms with E-state index in [1.165, 1.54) is 11.8 Å². The van der Waals surface area contributed by atoms with Crippen LogP contribution < -0.4 is 14.8 Å². The Labute approximate surface area is 189 Å². The number of carbonyl (C=O) groups excluding carboxylic acids is 1. The zero-order valence-electron chi connectivity index (χ0n) is 17.6. The van der Waals surface area contributed by atoms with Gasteiger partial charge in [0, 0.05) is 11.9 Å². The first kappa shape index (κ1) is 21.4. The molecule has 0 atom stereocenters. The van der Waals surface area contributed by atoms with Gasteiger partial charge >= 0.3 is 0 Å². The SMILES string of the molecule is COc1ccc(NC(=O)CSc2nnc(-c3ccccn3)n2-c2ccc(OC)cc2)cc1. The summed E-state index contributed by atoms with van der Waals surface area (Å²) >= 11 is 1.30. The molecule has 4 rings (SSSR count). The van der Waals surface area contributed by atoms with Crippen molar-refractivity contribution in [2.75, 3.05) is 25.3 Å². The Morgan fingerprint density at radius 2 is 1.62 bits per heavy atom. The molecular formula is C23H21N5O3S. The van der Waals surface area contributed by atoms with Crippen molar-refractivity contribution in [1.82, 2.24) is 19.7 Å². The Morgan fingerprint density at radius 1 is 0.938 bits per heavy atom. The number of pyridine rings is 1. The van der Waals surface area contributed by atoms with Crippen LogP contribution in [0.5, 0.6) is 11.5 Å². The van der Waals surface area contributed by atoms with Crippen molar-refractivity contribution in [2.24, 2.45) is 0 Å². The highest BCUT2D eigenvalue weighted by molar-refractivity contribution is 7.99. The van der Waals surface area contributed by atoms with Crippen LogP contribution in [0.15, 0.2) is 78.1 Å². The van der Waals surface area contributed by atoms with Crippen molar-refractivity contribution in [3.63, 3.8) is 0 Å². The molecule has 32 heavy (non-hydrogen) atoms. The lowest BCUT2D eigenvalue weighted by Gasteiger charge is -2.11. The van der Waals surface area contributed by atoms with Gasteiger partial charge in [0.1, 0.15) is 17.2 Å². The number of aromatic nitrogens is 4. The summed E-state index contributed by atoms with van der Waals surface area (Å²) in [6.07, 6.45) is 1.71. The van der Waals surface area contributed by atoms with Crippen LogP contribution in [0.2, 0.25) is 0 Å². The van der Waals surface area contributed by atoms with E-state index in [1.54, 1.807) is 44.7 Å². The molecule has 4 aromatic rings. The quantitative estimate of drug-likeness (QED) is 0.407. The average Bonchev–Trinajstić information content (AvgIpc) is 3.28. The van der Waals surface area contributed by atoms with Crippen LogP contribution in [0.1, 0.15) is 0 Å². The second-order valence-electron chi connectivity index (χ2n) is 6.62. The molecule has 2 aromatic carbocycles. The maximum absolute atomic E-state index is 12.5. The Kier molecular flexibility index (Phi) is 6.66. The topological polar surface area (TPSA) is 91.2 Å². The highest BCUT2D eigenvalue weighted by Crippen LogP contribution is 2.28. The van der Waals surface area contributed by atoms with E-state index < -0.39 is 0 Å². The zero-order valence-corrected chi connectivity index (χ0v) is 18.4. The molecule has 1 amide bonds. The number of hydrogen-bond donors (Lipinski definition) is 1. The molecule has 0 fully saturated rings. The number of amides is 1. The average molecular weight is 448 g/mol. The minimum atomic E-state index is -0.149. The largest absolute Gasteiger partial charge is 0.497 e. The van der Waals surface area contributed by atoms with Crippen molar-refractivity contribution in [2.45, 2.75) is 5.16 Å². The molecule has 0 aliphatic heterocycles. The molecule has 2 heterocycles. The van der Waals surface area contributed by atoms with Crippen molar-refractivity contribution in [3.05, 3.63) is 72.9 Å². The molecule has 1 N–H and O–H groups in total. The molecule has 0 unspecified atom stereocenters. The van der Waals surface area contributed by atoms with Crippen LogP contribution in [-0.4, -0.2) is 45.6 Å².